The van der Waals surface area contributed by atoms with Gasteiger partial charge in [0.1, 0.15) is 0 Å². The number of benzene rings is 1. The number of anilines is 1. The van der Waals surface area contributed by atoms with Crippen molar-refractivity contribution in [3.8, 4) is 0 Å². The molecular formula is C16H21NOS2. The van der Waals surface area contributed by atoms with E-state index >= 15 is 0 Å². The van der Waals surface area contributed by atoms with Gasteiger partial charge in [0.15, 0.2) is 0 Å². The summed E-state index contributed by atoms with van der Waals surface area (Å²) in [5, 5.41) is 3.08. The van der Waals surface area contributed by atoms with E-state index in [1.54, 1.807) is 0 Å². The summed E-state index contributed by atoms with van der Waals surface area (Å²) in [5.74, 6) is 3.25. The van der Waals surface area contributed by atoms with E-state index in [2.05, 4.69) is 23.5 Å². The lowest BCUT2D eigenvalue weighted by atomic mass is 10.0. The molecule has 1 N–H and O–H groups in total. The molecule has 2 aliphatic rings. The maximum Gasteiger partial charge on any atom is 0.224 e. The molecule has 4 heteroatoms. The molecule has 1 aromatic carbocycles. The fourth-order valence-corrected chi connectivity index (χ4v) is 5.84. The summed E-state index contributed by atoms with van der Waals surface area (Å²) in [7, 11) is 0. The summed E-state index contributed by atoms with van der Waals surface area (Å²) in [6.45, 7) is 0. The number of amides is 1. The molecule has 1 saturated carbocycles. The van der Waals surface area contributed by atoms with E-state index in [4.69, 9.17) is 0 Å². The highest BCUT2D eigenvalue weighted by Crippen LogP contribution is 2.45. The van der Waals surface area contributed by atoms with Crippen LogP contribution in [0.5, 0.6) is 0 Å². The van der Waals surface area contributed by atoms with Gasteiger partial charge >= 0.3 is 0 Å². The quantitative estimate of drug-likeness (QED) is 0.875. The molecule has 1 saturated heterocycles. The highest BCUT2D eigenvalue weighted by atomic mass is 32.2. The van der Waals surface area contributed by atoms with Crippen LogP contribution >= 0.6 is 23.5 Å². The lowest BCUT2D eigenvalue weighted by Gasteiger charge is -2.12. The molecule has 0 atom stereocenters. The summed E-state index contributed by atoms with van der Waals surface area (Å²) in [6.07, 6.45) is 5.73. The molecular weight excluding hydrogens is 286 g/mol. The van der Waals surface area contributed by atoms with Gasteiger partial charge in [-0.25, -0.2) is 0 Å². The number of carbonyl (C=O) groups is 1. The van der Waals surface area contributed by atoms with Crippen LogP contribution in [-0.4, -0.2) is 17.4 Å². The first-order valence-electron chi connectivity index (χ1n) is 7.44. The zero-order valence-electron chi connectivity index (χ0n) is 11.6. The molecule has 20 heavy (non-hydrogen) atoms. The van der Waals surface area contributed by atoms with Gasteiger partial charge in [0.05, 0.1) is 4.58 Å². The molecule has 0 bridgehead atoms. The topological polar surface area (TPSA) is 29.1 Å². The minimum atomic E-state index is 0.181. The summed E-state index contributed by atoms with van der Waals surface area (Å²) in [4.78, 5) is 12.1. The van der Waals surface area contributed by atoms with Gasteiger partial charge in [-0.05, 0) is 36.5 Å². The van der Waals surface area contributed by atoms with Crippen LogP contribution in [0.3, 0.4) is 0 Å². The molecule has 0 aromatic heterocycles. The first-order chi connectivity index (χ1) is 9.81. The first kappa shape index (κ1) is 14.3. The van der Waals surface area contributed by atoms with Crippen molar-refractivity contribution in [2.45, 2.75) is 36.7 Å². The van der Waals surface area contributed by atoms with Gasteiger partial charge in [0, 0.05) is 23.6 Å². The zero-order chi connectivity index (χ0) is 13.8. The van der Waals surface area contributed by atoms with E-state index in [0.717, 1.165) is 5.69 Å². The van der Waals surface area contributed by atoms with Crippen molar-refractivity contribution in [1.29, 1.82) is 0 Å². The van der Waals surface area contributed by atoms with Crippen LogP contribution in [0.25, 0.3) is 0 Å². The Balaban J connectivity index is 1.58. The Morgan fingerprint density at radius 3 is 2.70 bits per heavy atom. The lowest BCUT2D eigenvalue weighted by Crippen LogP contribution is -2.15. The fraction of sp³-hybridized carbons (Fsp3) is 0.562. The van der Waals surface area contributed by atoms with E-state index in [9.17, 15) is 4.79 Å². The lowest BCUT2D eigenvalue weighted by molar-refractivity contribution is -0.117. The Morgan fingerprint density at radius 1 is 1.20 bits per heavy atom. The average Bonchev–Trinajstić information content (AvgIpc) is 3.11. The molecule has 1 aliphatic carbocycles. The van der Waals surface area contributed by atoms with Crippen LogP contribution in [0.2, 0.25) is 0 Å². The molecule has 3 rings (SSSR count). The first-order valence-corrected chi connectivity index (χ1v) is 9.54. The SMILES string of the molecule is O=C(CC1CCCC1)Nc1cccc(C2SCCS2)c1. The van der Waals surface area contributed by atoms with E-state index in [0.29, 0.717) is 16.9 Å². The number of rotatable bonds is 4. The second kappa shape index (κ2) is 6.90. The van der Waals surface area contributed by atoms with Gasteiger partial charge in [0.25, 0.3) is 0 Å². The normalized spacial score (nSPS) is 20.4. The van der Waals surface area contributed by atoms with Crippen molar-refractivity contribution in [2.75, 3.05) is 16.8 Å². The van der Waals surface area contributed by atoms with Crippen LogP contribution < -0.4 is 5.32 Å². The minimum absolute atomic E-state index is 0.181. The summed E-state index contributed by atoms with van der Waals surface area (Å²) in [6, 6.07) is 8.37. The summed E-state index contributed by atoms with van der Waals surface area (Å²) >= 11 is 4.00. The Kier molecular flexibility index (Phi) is 4.94. The number of thioether (sulfide) groups is 2. The number of hydrogen-bond donors (Lipinski definition) is 1. The monoisotopic (exact) mass is 307 g/mol. The van der Waals surface area contributed by atoms with Crippen LogP contribution in [0.1, 0.15) is 42.2 Å². The Bertz CT molecular complexity index is 465. The van der Waals surface area contributed by atoms with Crippen LogP contribution in [0.15, 0.2) is 24.3 Å². The van der Waals surface area contributed by atoms with Crippen molar-refractivity contribution in [2.24, 2.45) is 5.92 Å². The van der Waals surface area contributed by atoms with E-state index in [1.165, 1.54) is 42.8 Å². The smallest absolute Gasteiger partial charge is 0.224 e. The Labute approximate surface area is 129 Å². The molecule has 1 aliphatic heterocycles. The third kappa shape index (κ3) is 3.73. The Hall–Kier alpha value is -0.610. The molecule has 1 amide bonds. The van der Waals surface area contributed by atoms with Gasteiger partial charge in [-0.1, -0.05) is 25.0 Å². The standard InChI is InChI=1S/C16H21NOS2/c18-15(10-12-4-1-2-5-12)17-14-7-3-6-13(11-14)16-19-8-9-20-16/h3,6-7,11-12,16H,1-2,4-5,8-10H2,(H,17,18). The average molecular weight is 307 g/mol. The van der Waals surface area contributed by atoms with Crippen LogP contribution in [0.4, 0.5) is 5.69 Å². The molecule has 1 heterocycles. The van der Waals surface area contributed by atoms with E-state index < -0.39 is 0 Å². The molecule has 2 nitrogen and oxygen atoms in total. The number of hydrogen-bond acceptors (Lipinski definition) is 3. The van der Waals surface area contributed by atoms with Crippen molar-refractivity contribution in [3.05, 3.63) is 29.8 Å². The summed E-state index contributed by atoms with van der Waals surface area (Å²) < 4.78 is 0.543. The van der Waals surface area contributed by atoms with Crippen molar-refractivity contribution < 1.29 is 4.79 Å². The number of carbonyl (C=O) groups excluding carboxylic acids is 1. The van der Waals surface area contributed by atoms with Crippen LogP contribution in [0, 0.1) is 5.92 Å². The van der Waals surface area contributed by atoms with Crippen molar-refractivity contribution in [3.63, 3.8) is 0 Å². The molecule has 108 valence electrons. The molecule has 0 unspecified atom stereocenters. The minimum Gasteiger partial charge on any atom is -0.326 e. The maximum atomic E-state index is 12.1. The second-order valence-electron chi connectivity index (χ2n) is 5.60. The highest BCUT2D eigenvalue weighted by molar-refractivity contribution is 8.19. The van der Waals surface area contributed by atoms with Crippen molar-refractivity contribution >= 4 is 35.1 Å². The Morgan fingerprint density at radius 2 is 1.95 bits per heavy atom. The van der Waals surface area contributed by atoms with E-state index in [1.807, 2.05) is 29.6 Å². The molecule has 0 radical (unpaired) electrons. The fourth-order valence-electron chi connectivity index (χ4n) is 3.00. The van der Waals surface area contributed by atoms with Gasteiger partial charge in [0.2, 0.25) is 5.91 Å². The van der Waals surface area contributed by atoms with Crippen molar-refractivity contribution in [1.82, 2.24) is 0 Å². The summed E-state index contributed by atoms with van der Waals surface area (Å²) in [5.41, 5.74) is 2.29. The molecule has 2 fully saturated rings. The molecule has 1 aromatic rings. The van der Waals surface area contributed by atoms with Gasteiger partial charge < -0.3 is 5.32 Å². The van der Waals surface area contributed by atoms with Gasteiger partial charge in [-0.3, -0.25) is 4.79 Å². The molecule has 0 spiro atoms. The largest absolute Gasteiger partial charge is 0.326 e. The predicted octanol–water partition coefficient (Wildman–Crippen LogP) is 4.68. The second-order valence-corrected chi connectivity index (χ2v) is 8.33. The van der Waals surface area contributed by atoms with Gasteiger partial charge in [-0.2, -0.15) is 0 Å². The zero-order valence-corrected chi connectivity index (χ0v) is 13.3. The highest BCUT2D eigenvalue weighted by Gasteiger charge is 2.20. The third-order valence-electron chi connectivity index (χ3n) is 4.01. The van der Waals surface area contributed by atoms with Crippen LogP contribution in [-0.2, 0) is 4.79 Å². The van der Waals surface area contributed by atoms with Gasteiger partial charge in [-0.15, -0.1) is 23.5 Å². The van der Waals surface area contributed by atoms with E-state index in [-0.39, 0.29) is 5.91 Å². The maximum absolute atomic E-state index is 12.1. The third-order valence-corrected chi connectivity index (χ3v) is 7.12. The predicted molar refractivity (Wildman–Crippen MR) is 89.3 cm³/mol. The number of nitrogens with one attached hydrogen (secondary N) is 1.